The van der Waals surface area contributed by atoms with Crippen molar-refractivity contribution < 1.29 is 23.1 Å². The lowest BCUT2D eigenvalue weighted by Crippen LogP contribution is -2.42. The molecule has 2 amide bonds. The molecule has 2 heterocycles. The Morgan fingerprint density at radius 3 is 2.54 bits per heavy atom. The normalized spacial score (nSPS) is 16.4. The van der Waals surface area contributed by atoms with Crippen LogP contribution in [0.3, 0.4) is 0 Å². The Labute approximate surface area is 148 Å². The highest BCUT2D eigenvalue weighted by Gasteiger charge is 2.29. The largest absolute Gasteiger partial charge is 0.387 e. The number of hydrogen-bond donors (Lipinski definition) is 2. The minimum absolute atomic E-state index is 0.0473. The number of likely N-dealkylation sites (tertiary alicyclic amines) is 1. The summed E-state index contributed by atoms with van der Waals surface area (Å²) in [5.41, 5.74) is 0.170. The lowest BCUT2D eigenvalue weighted by molar-refractivity contribution is 0.0652. The third-order valence-electron chi connectivity index (χ3n) is 4.54. The number of carbonyl (C=O) groups excluding carboxylic acids is 1. The molecule has 0 aliphatic carbocycles. The van der Waals surface area contributed by atoms with Gasteiger partial charge in [-0.15, -0.1) is 0 Å². The van der Waals surface area contributed by atoms with Gasteiger partial charge in [0.1, 0.15) is 0 Å². The van der Waals surface area contributed by atoms with Crippen molar-refractivity contribution in [3.8, 4) is 0 Å². The first kappa shape index (κ1) is 18.2. The van der Waals surface area contributed by atoms with E-state index in [9.17, 15) is 23.1 Å². The Bertz CT molecular complexity index is 781. The van der Waals surface area contributed by atoms with E-state index in [0.29, 0.717) is 31.6 Å². The van der Waals surface area contributed by atoms with E-state index in [1.54, 1.807) is 24.4 Å². The van der Waals surface area contributed by atoms with Gasteiger partial charge in [-0.05, 0) is 43.0 Å². The molecule has 0 radical (unpaired) electrons. The van der Waals surface area contributed by atoms with Crippen molar-refractivity contribution in [2.45, 2.75) is 18.9 Å². The summed E-state index contributed by atoms with van der Waals surface area (Å²) in [6, 6.07) is 6.44. The molecule has 1 aromatic heterocycles. The maximum absolute atomic E-state index is 13.7. The lowest BCUT2D eigenvalue weighted by atomic mass is 9.89. The Morgan fingerprint density at radius 1 is 1.15 bits per heavy atom. The Hall–Kier alpha value is -2.61. The number of aliphatic hydroxyl groups is 1. The number of benzene rings is 1. The average Bonchev–Trinajstić information content (AvgIpc) is 2.68. The van der Waals surface area contributed by atoms with E-state index in [1.807, 2.05) is 0 Å². The van der Waals surface area contributed by atoms with Crippen LogP contribution in [0.2, 0.25) is 0 Å². The van der Waals surface area contributed by atoms with Gasteiger partial charge in [-0.3, -0.25) is 4.98 Å². The molecule has 1 aliphatic rings. The van der Waals surface area contributed by atoms with Gasteiger partial charge < -0.3 is 15.3 Å². The Kier molecular flexibility index (Phi) is 5.41. The highest BCUT2D eigenvalue weighted by atomic mass is 19.2. The van der Waals surface area contributed by atoms with Crippen molar-refractivity contribution in [3.63, 3.8) is 0 Å². The van der Waals surface area contributed by atoms with Crippen LogP contribution in [0.1, 0.15) is 24.6 Å². The van der Waals surface area contributed by atoms with E-state index in [-0.39, 0.29) is 5.92 Å². The fourth-order valence-electron chi connectivity index (χ4n) is 3.03. The molecule has 2 N–H and O–H groups in total. The van der Waals surface area contributed by atoms with Gasteiger partial charge in [0.25, 0.3) is 0 Å². The lowest BCUT2D eigenvalue weighted by Gasteiger charge is -2.34. The summed E-state index contributed by atoms with van der Waals surface area (Å²) in [6.45, 7) is 0.706. The molecule has 26 heavy (non-hydrogen) atoms. The molecule has 1 aromatic carbocycles. The molecule has 0 spiro atoms. The van der Waals surface area contributed by atoms with Crippen molar-refractivity contribution in [1.82, 2.24) is 9.88 Å². The summed E-state index contributed by atoms with van der Waals surface area (Å²) in [6.07, 6.45) is 1.99. The molecule has 138 valence electrons. The highest BCUT2D eigenvalue weighted by Crippen LogP contribution is 2.30. The first-order chi connectivity index (χ1) is 12.5. The third kappa shape index (κ3) is 3.80. The summed E-state index contributed by atoms with van der Waals surface area (Å²) < 4.78 is 39.8. The number of aromatic nitrogens is 1. The van der Waals surface area contributed by atoms with Crippen LogP contribution in [0.25, 0.3) is 0 Å². The second-order valence-electron chi connectivity index (χ2n) is 6.18. The smallest absolute Gasteiger partial charge is 0.321 e. The molecule has 5 nitrogen and oxygen atoms in total. The minimum Gasteiger partial charge on any atom is -0.387 e. The number of hydrogen-bond acceptors (Lipinski definition) is 3. The zero-order valence-electron chi connectivity index (χ0n) is 13.8. The molecule has 0 unspecified atom stereocenters. The van der Waals surface area contributed by atoms with E-state index in [4.69, 9.17) is 0 Å². The number of carbonyl (C=O) groups is 1. The molecule has 8 heteroatoms. The number of rotatable bonds is 3. The SMILES string of the molecule is O=C(Nc1ccc(F)c(F)c1F)N1CCC([C@H](O)c2ccccn2)CC1. The van der Waals surface area contributed by atoms with Gasteiger partial charge in [0.2, 0.25) is 0 Å². The second-order valence-corrected chi connectivity index (χ2v) is 6.18. The summed E-state index contributed by atoms with van der Waals surface area (Å²) in [5, 5.41) is 12.6. The molecule has 1 atom stereocenters. The fraction of sp³-hybridized carbons (Fsp3) is 0.333. The van der Waals surface area contributed by atoms with Gasteiger partial charge in [-0.1, -0.05) is 6.07 Å². The molecule has 2 aromatic rings. The first-order valence-corrected chi connectivity index (χ1v) is 8.26. The van der Waals surface area contributed by atoms with Gasteiger partial charge in [-0.2, -0.15) is 0 Å². The van der Waals surface area contributed by atoms with Crippen LogP contribution in [0.5, 0.6) is 0 Å². The van der Waals surface area contributed by atoms with E-state index < -0.39 is 35.3 Å². The maximum Gasteiger partial charge on any atom is 0.321 e. The second kappa shape index (κ2) is 7.74. The van der Waals surface area contributed by atoms with Gasteiger partial charge in [0.05, 0.1) is 17.5 Å². The van der Waals surface area contributed by atoms with Crippen molar-refractivity contribution in [1.29, 1.82) is 0 Å². The van der Waals surface area contributed by atoms with E-state index >= 15 is 0 Å². The van der Waals surface area contributed by atoms with Gasteiger partial charge in [0, 0.05) is 19.3 Å². The summed E-state index contributed by atoms with van der Waals surface area (Å²) in [7, 11) is 0. The number of aliphatic hydroxyl groups excluding tert-OH is 1. The Morgan fingerprint density at radius 2 is 1.88 bits per heavy atom. The summed E-state index contributed by atoms with van der Waals surface area (Å²) in [5.74, 6) is -4.42. The molecule has 0 saturated carbocycles. The number of nitrogens with zero attached hydrogens (tertiary/aromatic N) is 2. The van der Waals surface area contributed by atoms with Crippen LogP contribution in [-0.4, -0.2) is 34.1 Å². The van der Waals surface area contributed by atoms with Crippen LogP contribution < -0.4 is 5.32 Å². The molecule has 1 aliphatic heterocycles. The molecule has 1 fully saturated rings. The number of anilines is 1. The van der Waals surface area contributed by atoms with E-state index in [1.165, 1.54) is 4.90 Å². The maximum atomic E-state index is 13.7. The number of amides is 2. The number of halogens is 3. The van der Waals surface area contributed by atoms with Crippen LogP contribution in [0.4, 0.5) is 23.7 Å². The molecular formula is C18H18F3N3O2. The average molecular weight is 365 g/mol. The quantitative estimate of drug-likeness (QED) is 0.819. The number of piperidine rings is 1. The topological polar surface area (TPSA) is 65.5 Å². The first-order valence-electron chi connectivity index (χ1n) is 8.26. The van der Waals surface area contributed by atoms with Crippen LogP contribution in [0, 0.1) is 23.4 Å². The molecule has 1 saturated heterocycles. The van der Waals surface area contributed by atoms with Crippen LogP contribution >= 0.6 is 0 Å². The minimum atomic E-state index is -1.63. The Balaban J connectivity index is 1.58. The van der Waals surface area contributed by atoms with Gasteiger partial charge in [-0.25, -0.2) is 18.0 Å². The number of urea groups is 1. The zero-order chi connectivity index (χ0) is 18.7. The predicted molar refractivity (Wildman–Crippen MR) is 88.8 cm³/mol. The van der Waals surface area contributed by atoms with Crippen LogP contribution in [-0.2, 0) is 0 Å². The number of nitrogens with one attached hydrogen (secondary N) is 1. The van der Waals surface area contributed by atoms with Crippen molar-refractivity contribution in [3.05, 3.63) is 59.7 Å². The molecule has 3 rings (SSSR count). The molecular weight excluding hydrogens is 347 g/mol. The van der Waals surface area contributed by atoms with Crippen molar-refractivity contribution >= 4 is 11.7 Å². The van der Waals surface area contributed by atoms with E-state index in [2.05, 4.69) is 10.3 Å². The standard InChI is InChI=1S/C18H18F3N3O2/c19-12-4-5-13(16(21)15(12)20)23-18(26)24-9-6-11(7-10-24)17(25)14-3-1-2-8-22-14/h1-5,8,11,17,25H,6-7,9-10H2,(H,23,26)/t17-/m0/s1. The fourth-order valence-corrected chi connectivity index (χ4v) is 3.03. The van der Waals surface area contributed by atoms with Crippen LogP contribution in [0.15, 0.2) is 36.5 Å². The van der Waals surface area contributed by atoms with Crippen molar-refractivity contribution in [2.75, 3.05) is 18.4 Å². The van der Waals surface area contributed by atoms with Gasteiger partial charge in [0.15, 0.2) is 17.5 Å². The highest BCUT2D eigenvalue weighted by molar-refractivity contribution is 5.89. The zero-order valence-corrected chi connectivity index (χ0v) is 13.8. The number of pyridine rings is 1. The van der Waals surface area contributed by atoms with Crippen molar-refractivity contribution in [2.24, 2.45) is 5.92 Å². The monoisotopic (exact) mass is 365 g/mol. The summed E-state index contributed by atoms with van der Waals surface area (Å²) >= 11 is 0. The van der Waals surface area contributed by atoms with E-state index in [0.717, 1.165) is 12.1 Å². The third-order valence-corrected chi connectivity index (χ3v) is 4.54. The molecule has 0 bridgehead atoms. The predicted octanol–water partition coefficient (Wildman–Crippen LogP) is 3.48. The van der Waals surface area contributed by atoms with Gasteiger partial charge >= 0.3 is 6.03 Å². The summed E-state index contributed by atoms with van der Waals surface area (Å²) in [4.78, 5) is 17.8.